The second-order valence-corrected chi connectivity index (χ2v) is 2.84. The molecule has 0 aliphatic rings. The number of carbonyl (C=O) groups is 1. The average molecular weight is 232 g/mol. The number of ether oxygens (including phenoxy) is 2. The van der Waals surface area contributed by atoms with Crippen LogP contribution in [0.1, 0.15) is 16.2 Å². The molecule has 1 aromatic heterocycles. The Bertz CT molecular complexity index is 385. The van der Waals surface area contributed by atoms with Gasteiger partial charge in [0.15, 0.2) is 12.3 Å². The van der Waals surface area contributed by atoms with E-state index in [-0.39, 0.29) is 17.3 Å². The number of esters is 1. The van der Waals surface area contributed by atoms with E-state index in [4.69, 9.17) is 0 Å². The molecule has 0 radical (unpaired) electrons. The number of nitrogens with zero attached hydrogens (tertiary/aromatic N) is 2. The maximum absolute atomic E-state index is 11.8. The standard InChI is InChI=1S/C9H10F2N2O3/c1-5-8(9(14)15-2)12-3-7(13-5)16-4-6(10)11/h3,6H,4H2,1-2H3. The van der Waals surface area contributed by atoms with E-state index in [0.717, 1.165) is 6.20 Å². The topological polar surface area (TPSA) is 61.3 Å². The number of carbonyl (C=O) groups excluding carboxylic acids is 1. The van der Waals surface area contributed by atoms with E-state index in [1.54, 1.807) is 0 Å². The summed E-state index contributed by atoms with van der Waals surface area (Å²) >= 11 is 0. The largest absolute Gasteiger partial charge is 0.470 e. The van der Waals surface area contributed by atoms with Crippen LogP contribution in [0.4, 0.5) is 8.78 Å². The highest BCUT2D eigenvalue weighted by atomic mass is 19.3. The number of hydrogen-bond acceptors (Lipinski definition) is 5. The Morgan fingerprint density at radius 3 is 2.75 bits per heavy atom. The molecule has 88 valence electrons. The molecule has 0 aliphatic carbocycles. The summed E-state index contributed by atoms with van der Waals surface area (Å²) in [6.45, 7) is 0.750. The SMILES string of the molecule is COC(=O)c1ncc(OCC(F)F)nc1C. The smallest absolute Gasteiger partial charge is 0.358 e. The summed E-state index contributed by atoms with van der Waals surface area (Å²) in [5.41, 5.74) is 0.297. The number of rotatable bonds is 4. The fourth-order valence-electron chi connectivity index (χ4n) is 0.975. The first-order valence-corrected chi connectivity index (χ1v) is 4.37. The van der Waals surface area contributed by atoms with Gasteiger partial charge in [0.05, 0.1) is 19.0 Å². The molecule has 0 saturated carbocycles. The van der Waals surface area contributed by atoms with E-state index in [2.05, 4.69) is 19.4 Å². The molecule has 5 nitrogen and oxygen atoms in total. The van der Waals surface area contributed by atoms with Crippen molar-refractivity contribution in [1.29, 1.82) is 0 Å². The summed E-state index contributed by atoms with van der Waals surface area (Å²) in [7, 11) is 1.21. The Kier molecular flexibility index (Phi) is 4.10. The summed E-state index contributed by atoms with van der Waals surface area (Å²) in [6.07, 6.45) is -1.48. The van der Waals surface area contributed by atoms with Crippen LogP contribution < -0.4 is 4.74 Å². The second kappa shape index (κ2) is 5.34. The van der Waals surface area contributed by atoms with Gasteiger partial charge in [-0.05, 0) is 6.92 Å². The van der Waals surface area contributed by atoms with E-state index in [1.165, 1.54) is 14.0 Å². The molecule has 0 bridgehead atoms. The van der Waals surface area contributed by atoms with Gasteiger partial charge in [-0.25, -0.2) is 23.5 Å². The molecule has 0 amide bonds. The lowest BCUT2D eigenvalue weighted by atomic mass is 10.3. The van der Waals surface area contributed by atoms with Gasteiger partial charge in [-0.15, -0.1) is 0 Å². The molecule has 1 heterocycles. The van der Waals surface area contributed by atoms with Gasteiger partial charge >= 0.3 is 5.97 Å². The van der Waals surface area contributed by atoms with Crippen LogP contribution in [0.25, 0.3) is 0 Å². The van der Waals surface area contributed by atoms with E-state index in [0.29, 0.717) is 0 Å². The zero-order valence-electron chi connectivity index (χ0n) is 8.74. The summed E-state index contributed by atoms with van der Waals surface area (Å²) in [5.74, 6) is -0.684. The van der Waals surface area contributed by atoms with Crippen molar-refractivity contribution in [2.75, 3.05) is 13.7 Å². The van der Waals surface area contributed by atoms with Gasteiger partial charge in [-0.3, -0.25) is 0 Å². The highest BCUT2D eigenvalue weighted by Crippen LogP contribution is 2.10. The highest BCUT2D eigenvalue weighted by molar-refractivity contribution is 5.88. The molecule has 1 aromatic rings. The maximum atomic E-state index is 11.8. The quantitative estimate of drug-likeness (QED) is 0.730. The number of aromatic nitrogens is 2. The third kappa shape index (κ3) is 3.11. The number of hydrogen-bond donors (Lipinski definition) is 0. The zero-order valence-corrected chi connectivity index (χ0v) is 8.74. The highest BCUT2D eigenvalue weighted by Gasteiger charge is 2.13. The fourth-order valence-corrected chi connectivity index (χ4v) is 0.975. The Hall–Kier alpha value is -1.79. The van der Waals surface area contributed by atoms with Crippen molar-refractivity contribution in [2.24, 2.45) is 0 Å². The zero-order chi connectivity index (χ0) is 12.1. The maximum Gasteiger partial charge on any atom is 0.358 e. The number of methoxy groups -OCH3 is 1. The van der Waals surface area contributed by atoms with Gasteiger partial charge < -0.3 is 9.47 Å². The summed E-state index contributed by atoms with van der Waals surface area (Å²) in [4.78, 5) is 18.6. The molecule has 1 rings (SSSR count). The lowest BCUT2D eigenvalue weighted by molar-refractivity contribution is 0.0590. The van der Waals surface area contributed by atoms with Crippen LogP contribution in [0, 0.1) is 6.92 Å². The van der Waals surface area contributed by atoms with Crippen LogP contribution in [0.3, 0.4) is 0 Å². The molecule has 0 atom stereocenters. The van der Waals surface area contributed by atoms with Crippen molar-refractivity contribution in [1.82, 2.24) is 9.97 Å². The predicted molar refractivity (Wildman–Crippen MR) is 49.6 cm³/mol. The minimum Gasteiger partial charge on any atom is -0.470 e. The van der Waals surface area contributed by atoms with Crippen LogP contribution in [-0.2, 0) is 4.74 Å². The fraction of sp³-hybridized carbons (Fsp3) is 0.444. The molecule has 0 aromatic carbocycles. The van der Waals surface area contributed by atoms with Crippen LogP contribution in [-0.4, -0.2) is 36.1 Å². The number of halogens is 2. The van der Waals surface area contributed by atoms with Crippen molar-refractivity contribution in [3.8, 4) is 5.88 Å². The Labute approximate surface area is 90.4 Å². The molecule has 0 unspecified atom stereocenters. The first kappa shape index (κ1) is 12.3. The van der Waals surface area contributed by atoms with E-state index in [9.17, 15) is 13.6 Å². The predicted octanol–water partition coefficient (Wildman–Crippen LogP) is 1.22. The molecule has 0 spiro atoms. The van der Waals surface area contributed by atoms with Gasteiger partial charge in [-0.2, -0.15) is 0 Å². The third-order valence-corrected chi connectivity index (χ3v) is 1.66. The summed E-state index contributed by atoms with van der Waals surface area (Å²) < 4.78 is 32.8. The lowest BCUT2D eigenvalue weighted by Gasteiger charge is -2.06. The van der Waals surface area contributed by atoms with Gasteiger partial charge in [0.1, 0.15) is 0 Å². The van der Waals surface area contributed by atoms with Gasteiger partial charge in [0.25, 0.3) is 6.43 Å². The normalized spacial score (nSPS) is 10.3. The minimum absolute atomic E-state index is 0.0342. The van der Waals surface area contributed by atoms with Gasteiger partial charge in [0.2, 0.25) is 5.88 Å². The van der Waals surface area contributed by atoms with Crippen LogP contribution in [0.5, 0.6) is 5.88 Å². The number of alkyl halides is 2. The monoisotopic (exact) mass is 232 g/mol. The molecule has 16 heavy (non-hydrogen) atoms. The summed E-state index contributed by atoms with van der Waals surface area (Å²) in [6, 6.07) is 0. The first-order chi connectivity index (χ1) is 7.54. The average Bonchev–Trinajstić information content (AvgIpc) is 2.25. The van der Waals surface area contributed by atoms with Crippen LogP contribution >= 0.6 is 0 Å². The van der Waals surface area contributed by atoms with Crippen molar-refractivity contribution < 1.29 is 23.0 Å². The molecule has 0 saturated heterocycles. The molecule has 7 heteroatoms. The molecule has 0 aliphatic heterocycles. The van der Waals surface area contributed by atoms with Crippen molar-refractivity contribution in [3.63, 3.8) is 0 Å². The van der Waals surface area contributed by atoms with Crippen molar-refractivity contribution >= 4 is 5.97 Å². The van der Waals surface area contributed by atoms with Crippen LogP contribution in [0.15, 0.2) is 6.20 Å². The summed E-state index contributed by atoms with van der Waals surface area (Å²) in [5, 5.41) is 0. The van der Waals surface area contributed by atoms with Gasteiger partial charge in [-0.1, -0.05) is 0 Å². The van der Waals surface area contributed by atoms with Crippen molar-refractivity contribution in [3.05, 3.63) is 17.6 Å². The molecular formula is C9H10F2N2O3. The van der Waals surface area contributed by atoms with E-state index < -0.39 is 19.0 Å². The van der Waals surface area contributed by atoms with E-state index in [1.807, 2.05) is 0 Å². The Morgan fingerprint density at radius 1 is 1.56 bits per heavy atom. The Balaban J connectivity index is 2.78. The van der Waals surface area contributed by atoms with Crippen LogP contribution in [0.2, 0.25) is 0 Å². The minimum atomic E-state index is -2.58. The molecule has 0 N–H and O–H groups in total. The number of aryl methyl sites for hydroxylation is 1. The van der Waals surface area contributed by atoms with E-state index >= 15 is 0 Å². The van der Waals surface area contributed by atoms with Crippen molar-refractivity contribution in [2.45, 2.75) is 13.3 Å². The Morgan fingerprint density at radius 2 is 2.25 bits per heavy atom. The second-order valence-electron chi connectivity index (χ2n) is 2.84. The third-order valence-electron chi connectivity index (χ3n) is 1.66. The molecular weight excluding hydrogens is 222 g/mol. The lowest BCUT2D eigenvalue weighted by Crippen LogP contribution is -2.12. The van der Waals surface area contributed by atoms with Gasteiger partial charge in [0, 0.05) is 0 Å². The molecule has 0 fully saturated rings. The first-order valence-electron chi connectivity index (χ1n) is 4.37.